The Hall–Kier alpha value is -2.16. The van der Waals surface area contributed by atoms with Crippen molar-refractivity contribution in [1.29, 1.82) is 0 Å². The number of ketones is 1. The summed E-state index contributed by atoms with van der Waals surface area (Å²) in [7, 11) is 1.53. The zero-order chi connectivity index (χ0) is 13.1. The van der Waals surface area contributed by atoms with Gasteiger partial charge in [-0.2, -0.15) is 0 Å². The fourth-order valence-electron chi connectivity index (χ4n) is 1.69. The minimum atomic E-state index is -0.0861. The molecule has 2 aromatic rings. The predicted octanol–water partition coefficient (Wildman–Crippen LogP) is 2.94. The second kappa shape index (κ2) is 5.00. The quantitative estimate of drug-likeness (QED) is 0.775. The molecule has 0 aliphatic heterocycles. The molecular formula is C15H15NO2. The van der Waals surface area contributed by atoms with Crippen molar-refractivity contribution >= 4 is 5.78 Å². The van der Waals surface area contributed by atoms with Gasteiger partial charge in [-0.1, -0.05) is 18.2 Å². The topological polar surface area (TPSA) is 39.2 Å². The third-order valence-corrected chi connectivity index (χ3v) is 2.93. The smallest absolute Gasteiger partial charge is 0.213 e. The number of rotatable bonds is 3. The van der Waals surface area contributed by atoms with E-state index in [9.17, 15) is 4.79 Å². The van der Waals surface area contributed by atoms with Crippen molar-refractivity contribution in [2.24, 2.45) is 0 Å². The van der Waals surface area contributed by atoms with Crippen molar-refractivity contribution in [1.82, 2.24) is 4.98 Å². The van der Waals surface area contributed by atoms with Gasteiger partial charge in [0.2, 0.25) is 11.7 Å². The number of methoxy groups -OCH3 is 1. The second-order valence-corrected chi connectivity index (χ2v) is 4.19. The summed E-state index contributed by atoms with van der Waals surface area (Å²) in [5, 5.41) is 0. The van der Waals surface area contributed by atoms with E-state index in [1.54, 1.807) is 18.2 Å². The number of hydrogen-bond donors (Lipinski definition) is 0. The van der Waals surface area contributed by atoms with Gasteiger partial charge in [-0.05, 0) is 37.1 Å². The number of carbonyl (C=O) groups excluding carboxylic acids is 1. The number of aromatic nitrogens is 1. The van der Waals surface area contributed by atoms with E-state index < -0.39 is 0 Å². The Bertz CT molecular complexity index is 591. The number of aryl methyl sites for hydroxylation is 2. The van der Waals surface area contributed by atoms with Gasteiger partial charge in [0.15, 0.2) is 0 Å². The average molecular weight is 241 g/mol. The molecule has 2 rings (SSSR count). The van der Waals surface area contributed by atoms with Crippen molar-refractivity contribution in [2.75, 3.05) is 7.11 Å². The first-order valence-electron chi connectivity index (χ1n) is 5.75. The standard InChI is InChI=1S/C15H15NO2/c1-10-7-8-12(9-11(10)2)15(17)13-5-4-6-14(16-13)18-3/h4-9H,1-3H3. The van der Waals surface area contributed by atoms with Crippen LogP contribution in [0.25, 0.3) is 0 Å². The molecule has 0 unspecified atom stereocenters. The predicted molar refractivity (Wildman–Crippen MR) is 70.1 cm³/mol. The van der Waals surface area contributed by atoms with E-state index in [4.69, 9.17) is 4.74 Å². The first-order valence-corrected chi connectivity index (χ1v) is 5.75. The Morgan fingerprint density at radius 1 is 1.11 bits per heavy atom. The number of hydrogen-bond acceptors (Lipinski definition) is 3. The highest BCUT2D eigenvalue weighted by Crippen LogP contribution is 2.15. The van der Waals surface area contributed by atoms with Crippen molar-refractivity contribution < 1.29 is 9.53 Å². The fraction of sp³-hybridized carbons (Fsp3) is 0.200. The first kappa shape index (κ1) is 12.3. The van der Waals surface area contributed by atoms with Gasteiger partial charge < -0.3 is 4.74 Å². The molecule has 3 heteroatoms. The summed E-state index contributed by atoms with van der Waals surface area (Å²) in [4.78, 5) is 16.4. The maximum absolute atomic E-state index is 12.3. The third-order valence-electron chi connectivity index (χ3n) is 2.93. The van der Waals surface area contributed by atoms with Crippen molar-refractivity contribution in [2.45, 2.75) is 13.8 Å². The van der Waals surface area contributed by atoms with Crippen molar-refractivity contribution in [3.8, 4) is 5.88 Å². The molecule has 0 fully saturated rings. The van der Waals surface area contributed by atoms with Crippen LogP contribution in [0.2, 0.25) is 0 Å². The average Bonchev–Trinajstić information content (AvgIpc) is 2.41. The Kier molecular flexibility index (Phi) is 3.42. The summed E-state index contributed by atoms with van der Waals surface area (Å²) >= 11 is 0. The van der Waals surface area contributed by atoms with Crippen LogP contribution < -0.4 is 4.74 Å². The molecule has 0 bridgehead atoms. The number of benzene rings is 1. The van der Waals surface area contributed by atoms with Crippen LogP contribution in [0.1, 0.15) is 27.2 Å². The molecule has 0 spiro atoms. The van der Waals surface area contributed by atoms with Gasteiger partial charge in [0.05, 0.1) is 7.11 Å². The summed E-state index contributed by atoms with van der Waals surface area (Å²) < 4.78 is 5.02. The highest BCUT2D eigenvalue weighted by atomic mass is 16.5. The number of pyridine rings is 1. The van der Waals surface area contributed by atoms with Crippen LogP contribution in [-0.4, -0.2) is 17.9 Å². The van der Waals surface area contributed by atoms with E-state index >= 15 is 0 Å². The Labute approximate surface area is 106 Å². The van der Waals surface area contributed by atoms with Crippen LogP contribution in [0.5, 0.6) is 5.88 Å². The van der Waals surface area contributed by atoms with Crippen LogP contribution in [0.3, 0.4) is 0 Å². The molecule has 0 aliphatic rings. The number of carbonyl (C=O) groups is 1. The highest BCUT2D eigenvalue weighted by molar-refractivity contribution is 6.07. The Balaban J connectivity index is 2.38. The van der Waals surface area contributed by atoms with Gasteiger partial charge in [-0.15, -0.1) is 0 Å². The van der Waals surface area contributed by atoms with E-state index in [0.717, 1.165) is 5.56 Å². The lowest BCUT2D eigenvalue weighted by Crippen LogP contribution is -2.05. The summed E-state index contributed by atoms with van der Waals surface area (Å²) in [6.07, 6.45) is 0. The molecule has 0 saturated carbocycles. The van der Waals surface area contributed by atoms with Crippen LogP contribution in [-0.2, 0) is 0 Å². The van der Waals surface area contributed by atoms with E-state index in [-0.39, 0.29) is 5.78 Å². The maximum atomic E-state index is 12.3. The van der Waals surface area contributed by atoms with E-state index in [0.29, 0.717) is 17.1 Å². The zero-order valence-corrected chi connectivity index (χ0v) is 10.7. The molecule has 1 aromatic carbocycles. The molecule has 0 atom stereocenters. The molecule has 1 aromatic heterocycles. The van der Waals surface area contributed by atoms with Crippen molar-refractivity contribution in [3.05, 3.63) is 58.8 Å². The third kappa shape index (κ3) is 2.40. The first-order chi connectivity index (χ1) is 8.61. The highest BCUT2D eigenvalue weighted by Gasteiger charge is 2.11. The van der Waals surface area contributed by atoms with Crippen LogP contribution >= 0.6 is 0 Å². The normalized spacial score (nSPS) is 10.2. The molecule has 0 N–H and O–H groups in total. The monoisotopic (exact) mass is 241 g/mol. The number of ether oxygens (including phenoxy) is 1. The van der Waals surface area contributed by atoms with Gasteiger partial charge >= 0.3 is 0 Å². The summed E-state index contributed by atoms with van der Waals surface area (Å²) in [5.74, 6) is 0.363. The lowest BCUT2D eigenvalue weighted by atomic mass is 10.0. The van der Waals surface area contributed by atoms with Gasteiger partial charge in [-0.3, -0.25) is 4.79 Å². The summed E-state index contributed by atoms with van der Waals surface area (Å²) in [6.45, 7) is 4.01. The fourth-order valence-corrected chi connectivity index (χ4v) is 1.69. The Morgan fingerprint density at radius 3 is 2.56 bits per heavy atom. The lowest BCUT2D eigenvalue weighted by Gasteiger charge is -2.05. The summed E-state index contributed by atoms with van der Waals surface area (Å²) in [6, 6.07) is 10.8. The van der Waals surface area contributed by atoms with Gasteiger partial charge in [0.25, 0.3) is 0 Å². The lowest BCUT2D eigenvalue weighted by molar-refractivity contribution is 0.103. The number of nitrogens with zero attached hydrogens (tertiary/aromatic N) is 1. The molecule has 0 amide bonds. The second-order valence-electron chi connectivity index (χ2n) is 4.19. The van der Waals surface area contributed by atoms with Gasteiger partial charge in [0, 0.05) is 11.6 Å². The maximum Gasteiger partial charge on any atom is 0.213 e. The minimum Gasteiger partial charge on any atom is -0.481 e. The van der Waals surface area contributed by atoms with E-state index in [1.807, 2.05) is 32.0 Å². The molecule has 0 radical (unpaired) electrons. The molecular weight excluding hydrogens is 226 g/mol. The minimum absolute atomic E-state index is 0.0861. The van der Waals surface area contributed by atoms with Crippen LogP contribution in [0.15, 0.2) is 36.4 Å². The van der Waals surface area contributed by atoms with Gasteiger partial charge in [-0.25, -0.2) is 4.98 Å². The molecule has 0 saturated heterocycles. The van der Waals surface area contributed by atoms with Gasteiger partial charge in [0.1, 0.15) is 5.69 Å². The van der Waals surface area contributed by atoms with E-state index in [2.05, 4.69) is 4.98 Å². The van der Waals surface area contributed by atoms with Crippen molar-refractivity contribution in [3.63, 3.8) is 0 Å². The van der Waals surface area contributed by atoms with Crippen LogP contribution in [0.4, 0.5) is 0 Å². The molecule has 92 valence electrons. The summed E-state index contributed by atoms with van der Waals surface area (Å²) in [5.41, 5.74) is 3.32. The molecule has 3 nitrogen and oxygen atoms in total. The largest absolute Gasteiger partial charge is 0.481 e. The molecule has 1 heterocycles. The SMILES string of the molecule is COc1cccc(C(=O)c2ccc(C)c(C)c2)n1. The molecule has 18 heavy (non-hydrogen) atoms. The van der Waals surface area contributed by atoms with E-state index in [1.165, 1.54) is 12.7 Å². The van der Waals surface area contributed by atoms with Crippen LogP contribution in [0, 0.1) is 13.8 Å². The zero-order valence-electron chi connectivity index (χ0n) is 10.7. The molecule has 0 aliphatic carbocycles. The Morgan fingerprint density at radius 2 is 1.89 bits per heavy atom.